The Morgan fingerprint density at radius 2 is 2.00 bits per heavy atom. The molecule has 0 atom stereocenters. The monoisotopic (exact) mass is 296 g/mol. The third kappa shape index (κ3) is 2.95. The Hall–Kier alpha value is -2.20. The first-order chi connectivity index (χ1) is 10.3. The second-order valence-electron chi connectivity index (χ2n) is 4.69. The Labute approximate surface area is 128 Å². The number of methoxy groups -OCH3 is 1. The van der Waals surface area contributed by atoms with Crippen molar-refractivity contribution in [3.63, 3.8) is 0 Å². The normalized spacial score (nSPS) is 10.7. The average Bonchev–Trinajstić information content (AvgIpc) is 2.53. The molecule has 0 aliphatic carbocycles. The van der Waals surface area contributed by atoms with E-state index in [9.17, 15) is 0 Å². The molecule has 1 aromatic heterocycles. The van der Waals surface area contributed by atoms with Crippen molar-refractivity contribution in [2.75, 3.05) is 12.8 Å². The molecule has 0 saturated heterocycles. The number of nitrogens with two attached hydrogens (primary N) is 1. The van der Waals surface area contributed by atoms with E-state index in [0.29, 0.717) is 5.69 Å². The number of hydrogen-bond donors (Lipinski definition) is 1. The van der Waals surface area contributed by atoms with Gasteiger partial charge in [-0.2, -0.15) is 0 Å². The molecule has 106 valence electrons. The maximum absolute atomic E-state index is 5.79. The lowest BCUT2D eigenvalue weighted by molar-refractivity contribution is 0.405. The zero-order chi connectivity index (χ0) is 14.7. The Balaban J connectivity index is 1.87. The fourth-order valence-corrected chi connectivity index (χ4v) is 3.25. The minimum atomic E-state index is 0.713. The SMILES string of the molecule is COc1cc(N)ccc1SCc1ccnc2ccccc12. The molecule has 0 radical (unpaired) electrons. The minimum absolute atomic E-state index is 0.713. The number of hydrogen-bond acceptors (Lipinski definition) is 4. The minimum Gasteiger partial charge on any atom is -0.496 e. The molecular formula is C17H16N2OS. The fourth-order valence-electron chi connectivity index (χ4n) is 2.24. The highest BCUT2D eigenvalue weighted by Crippen LogP contribution is 2.34. The molecule has 1 heterocycles. The van der Waals surface area contributed by atoms with Crippen molar-refractivity contribution in [2.24, 2.45) is 0 Å². The molecular weight excluding hydrogens is 280 g/mol. The number of benzene rings is 2. The third-order valence-corrected chi connectivity index (χ3v) is 4.41. The van der Waals surface area contributed by atoms with Crippen molar-refractivity contribution in [1.82, 2.24) is 4.98 Å². The van der Waals surface area contributed by atoms with E-state index in [4.69, 9.17) is 10.5 Å². The van der Waals surface area contributed by atoms with Gasteiger partial charge >= 0.3 is 0 Å². The van der Waals surface area contributed by atoms with Gasteiger partial charge in [-0.1, -0.05) is 18.2 Å². The van der Waals surface area contributed by atoms with Gasteiger partial charge in [0.05, 0.1) is 12.6 Å². The number of nitrogens with zero attached hydrogens (tertiary/aromatic N) is 1. The maximum Gasteiger partial charge on any atom is 0.134 e. The van der Waals surface area contributed by atoms with Gasteiger partial charge in [0.25, 0.3) is 0 Å². The summed E-state index contributed by atoms with van der Waals surface area (Å²) in [5.74, 6) is 1.68. The number of fused-ring (bicyclic) bond motifs is 1. The van der Waals surface area contributed by atoms with Crippen LogP contribution in [0, 0.1) is 0 Å². The largest absolute Gasteiger partial charge is 0.496 e. The molecule has 3 aromatic rings. The van der Waals surface area contributed by atoms with E-state index in [-0.39, 0.29) is 0 Å². The van der Waals surface area contributed by atoms with Crippen LogP contribution in [0.3, 0.4) is 0 Å². The summed E-state index contributed by atoms with van der Waals surface area (Å²) < 4.78 is 5.39. The van der Waals surface area contributed by atoms with E-state index >= 15 is 0 Å². The molecule has 0 spiro atoms. The fraction of sp³-hybridized carbons (Fsp3) is 0.118. The van der Waals surface area contributed by atoms with Crippen LogP contribution < -0.4 is 10.5 Å². The zero-order valence-corrected chi connectivity index (χ0v) is 12.6. The highest BCUT2D eigenvalue weighted by atomic mass is 32.2. The summed E-state index contributed by atoms with van der Waals surface area (Å²) in [4.78, 5) is 5.48. The number of thioether (sulfide) groups is 1. The van der Waals surface area contributed by atoms with Gasteiger partial charge < -0.3 is 10.5 Å². The second kappa shape index (κ2) is 6.06. The number of rotatable bonds is 4. The number of para-hydroxylation sites is 1. The van der Waals surface area contributed by atoms with E-state index in [2.05, 4.69) is 17.1 Å². The van der Waals surface area contributed by atoms with E-state index < -0.39 is 0 Å². The lowest BCUT2D eigenvalue weighted by Crippen LogP contribution is -1.91. The van der Waals surface area contributed by atoms with Crippen LogP contribution in [0.5, 0.6) is 5.75 Å². The smallest absolute Gasteiger partial charge is 0.134 e. The highest BCUT2D eigenvalue weighted by Gasteiger charge is 2.07. The molecule has 0 amide bonds. The van der Waals surface area contributed by atoms with Gasteiger partial charge in [-0.25, -0.2) is 0 Å². The molecule has 0 bridgehead atoms. The van der Waals surface area contributed by atoms with Crippen LogP contribution >= 0.6 is 11.8 Å². The molecule has 3 rings (SSSR count). The Kier molecular flexibility index (Phi) is 3.97. The van der Waals surface area contributed by atoms with Crippen LogP contribution in [-0.4, -0.2) is 12.1 Å². The van der Waals surface area contributed by atoms with E-state index in [1.807, 2.05) is 42.6 Å². The molecule has 2 aromatic carbocycles. The number of ether oxygens (including phenoxy) is 1. The van der Waals surface area contributed by atoms with Crippen molar-refractivity contribution >= 4 is 28.4 Å². The van der Waals surface area contributed by atoms with Crippen molar-refractivity contribution in [3.05, 3.63) is 60.3 Å². The lowest BCUT2D eigenvalue weighted by Gasteiger charge is -2.10. The van der Waals surface area contributed by atoms with Crippen LogP contribution in [0.1, 0.15) is 5.56 Å². The van der Waals surface area contributed by atoms with Crippen LogP contribution in [0.4, 0.5) is 5.69 Å². The summed E-state index contributed by atoms with van der Waals surface area (Å²) in [5.41, 5.74) is 8.80. The van der Waals surface area contributed by atoms with E-state index in [1.165, 1.54) is 10.9 Å². The highest BCUT2D eigenvalue weighted by molar-refractivity contribution is 7.98. The summed E-state index contributed by atoms with van der Waals surface area (Å²) in [6.07, 6.45) is 1.86. The molecule has 0 saturated carbocycles. The molecule has 0 fully saturated rings. The van der Waals surface area contributed by atoms with E-state index in [0.717, 1.165) is 21.9 Å². The zero-order valence-electron chi connectivity index (χ0n) is 11.7. The topological polar surface area (TPSA) is 48.1 Å². The van der Waals surface area contributed by atoms with Gasteiger partial charge in [0.2, 0.25) is 0 Å². The van der Waals surface area contributed by atoms with Crippen molar-refractivity contribution in [1.29, 1.82) is 0 Å². The number of anilines is 1. The summed E-state index contributed by atoms with van der Waals surface area (Å²) >= 11 is 1.74. The summed E-state index contributed by atoms with van der Waals surface area (Å²) in [6.45, 7) is 0. The summed E-state index contributed by atoms with van der Waals surface area (Å²) in [6, 6.07) is 16.0. The molecule has 0 unspecified atom stereocenters. The van der Waals surface area contributed by atoms with Crippen molar-refractivity contribution in [2.45, 2.75) is 10.6 Å². The van der Waals surface area contributed by atoms with Crippen LogP contribution in [0.25, 0.3) is 10.9 Å². The van der Waals surface area contributed by atoms with Crippen LogP contribution in [0.2, 0.25) is 0 Å². The third-order valence-electron chi connectivity index (χ3n) is 3.31. The summed E-state index contributed by atoms with van der Waals surface area (Å²) in [5, 5.41) is 1.20. The number of pyridine rings is 1. The Bertz CT molecular complexity index is 768. The van der Waals surface area contributed by atoms with Crippen molar-refractivity contribution in [3.8, 4) is 5.75 Å². The van der Waals surface area contributed by atoms with Gasteiger partial charge in [0, 0.05) is 34.0 Å². The molecule has 0 aliphatic rings. The first kappa shape index (κ1) is 13.8. The molecule has 3 nitrogen and oxygen atoms in total. The molecule has 0 aliphatic heterocycles. The first-order valence-corrected chi connectivity index (χ1v) is 7.65. The number of nitrogen functional groups attached to an aromatic ring is 1. The predicted octanol–water partition coefficient (Wildman–Crippen LogP) is 4.12. The van der Waals surface area contributed by atoms with Crippen LogP contribution in [0.15, 0.2) is 59.6 Å². The van der Waals surface area contributed by atoms with E-state index in [1.54, 1.807) is 18.9 Å². The molecule has 21 heavy (non-hydrogen) atoms. The molecule has 4 heteroatoms. The van der Waals surface area contributed by atoms with Gasteiger partial charge in [-0.3, -0.25) is 4.98 Å². The lowest BCUT2D eigenvalue weighted by atomic mass is 10.1. The van der Waals surface area contributed by atoms with Gasteiger partial charge in [-0.05, 0) is 29.8 Å². The predicted molar refractivity (Wildman–Crippen MR) is 88.7 cm³/mol. The molecule has 2 N–H and O–H groups in total. The summed E-state index contributed by atoms with van der Waals surface area (Å²) in [7, 11) is 1.67. The maximum atomic E-state index is 5.79. The van der Waals surface area contributed by atoms with Gasteiger partial charge in [0.1, 0.15) is 5.75 Å². The van der Waals surface area contributed by atoms with Crippen molar-refractivity contribution < 1.29 is 4.74 Å². The second-order valence-corrected chi connectivity index (χ2v) is 5.70. The van der Waals surface area contributed by atoms with Crippen LogP contribution in [-0.2, 0) is 5.75 Å². The van der Waals surface area contributed by atoms with Gasteiger partial charge in [-0.15, -0.1) is 11.8 Å². The number of aromatic nitrogens is 1. The quantitative estimate of drug-likeness (QED) is 0.581. The van der Waals surface area contributed by atoms with Gasteiger partial charge in [0.15, 0.2) is 0 Å². The Morgan fingerprint density at radius 3 is 2.86 bits per heavy atom. The average molecular weight is 296 g/mol. The standard InChI is InChI=1S/C17H16N2OS/c1-20-16-10-13(18)6-7-17(16)21-11-12-8-9-19-15-5-3-2-4-14(12)15/h2-10H,11,18H2,1H3. The Morgan fingerprint density at radius 1 is 1.14 bits per heavy atom. The first-order valence-electron chi connectivity index (χ1n) is 6.67.